The molecular weight excluding hydrogens is 280 g/mol. The quantitative estimate of drug-likeness (QED) is 0.699. The fourth-order valence-electron chi connectivity index (χ4n) is 3.24. The van der Waals surface area contributed by atoms with Crippen molar-refractivity contribution < 1.29 is 0 Å². The van der Waals surface area contributed by atoms with Crippen LogP contribution in [0.25, 0.3) is 11.0 Å². The molecule has 1 fully saturated rings. The lowest BCUT2D eigenvalue weighted by molar-refractivity contribution is 0.478. The second kappa shape index (κ2) is 5.04. The van der Waals surface area contributed by atoms with Crippen LogP contribution in [0.3, 0.4) is 0 Å². The van der Waals surface area contributed by atoms with Gasteiger partial charge in [0.25, 0.3) is 0 Å². The summed E-state index contributed by atoms with van der Waals surface area (Å²) in [7, 11) is 3.90. The predicted molar refractivity (Wildman–Crippen MR) is 81.5 cm³/mol. The normalized spacial score (nSPS) is 19.0. The first-order valence-electron chi connectivity index (χ1n) is 7.45. The van der Waals surface area contributed by atoms with Crippen molar-refractivity contribution in [2.45, 2.75) is 18.8 Å². The van der Waals surface area contributed by atoms with Crippen molar-refractivity contribution in [3.63, 3.8) is 0 Å². The second-order valence-corrected chi connectivity index (χ2v) is 5.79. The predicted octanol–water partition coefficient (Wildman–Crippen LogP) is 0.876. The molecule has 114 valence electrons. The molecule has 1 aliphatic heterocycles. The average molecular weight is 298 g/mol. The molecule has 3 aromatic rings. The molecule has 0 bridgehead atoms. The van der Waals surface area contributed by atoms with E-state index in [1.165, 1.54) is 0 Å². The highest BCUT2D eigenvalue weighted by molar-refractivity contribution is 5.86. The zero-order valence-electron chi connectivity index (χ0n) is 12.7. The molecule has 0 saturated carbocycles. The van der Waals surface area contributed by atoms with Crippen LogP contribution in [0.4, 0.5) is 5.82 Å². The Labute approximate surface area is 127 Å². The second-order valence-electron chi connectivity index (χ2n) is 5.79. The van der Waals surface area contributed by atoms with Crippen LogP contribution >= 0.6 is 0 Å². The Morgan fingerprint density at radius 1 is 1.23 bits per heavy atom. The van der Waals surface area contributed by atoms with Crippen LogP contribution in [-0.4, -0.2) is 47.6 Å². The van der Waals surface area contributed by atoms with E-state index in [2.05, 4.69) is 30.2 Å². The molecule has 4 rings (SSSR count). The van der Waals surface area contributed by atoms with Crippen molar-refractivity contribution in [2.24, 2.45) is 14.1 Å². The highest BCUT2D eigenvalue weighted by Gasteiger charge is 2.26. The lowest BCUT2D eigenvalue weighted by atomic mass is 9.97. The number of nitrogens with zero attached hydrogens (tertiary/aromatic N) is 8. The molecule has 8 nitrogen and oxygen atoms in total. The average Bonchev–Trinajstić information content (AvgIpc) is 3.14. The molecule has 4 heterocycles. The maximum absolute atomic E-state index is 4.50. The molecule has 0 aromatic carbocycles. The minimum absolute atomic E-state index is 0.378. The van der Waals surface area contributed by atoms with E-state index in [0.717, 1.165) is 48.6 Å². The fourth-order valence-corrected chi connectivity index (χ4v) is 3.24. The van der Waals surface area contributed by atoms with Crippen LogP contribution < -0.4 is 4.90 Å². The van der Waals surface area contributed by atoms with Crippen molar-refractivity contribution >= 4 is 16.9 Å². The summed E-state index contributed by atoms with van der Waals surface area (Å²) in [5, 5.41) is 13.6. The standard InChI is InChI=1S/C14H18N8/c1-20-9-17-19-12(20)10-4-3-5-22(7-10)14-11-6-18-21(2)13(11)15-8-16-14/h6,8-10H,3-5,7H2,1-2H3/t10-/m1/s1. The zero-order valence-corrected chi connectivity index (χ0v) is 12.7. The van der Waals surface area contributed by atoms with Gasteiger partial charge in [-0.05, 0) is 12.8 Å². The van der Waals surface area contributed by atoms with Gasteiger partial charge in [-0.1, -0.05) is 0 Å². The molecule has 0 aliphatic carbocycles. The van der Waals surface area contributed by atoms with Crippen LogP contribution in [0.1, 0.15) is 24.6 Å². The highest BCUT2D eigenvalue weighted by Crippen LogP contribution is 2.30. The van der Waals surface area contributed by atoms with Crippen LogP contribution in [0.5, 0.6) is 0 Å². The molecule has 1 aliphatic rings. The molecule has 0 unspecified atom stereocenters. The summed E-state index contributed by atoms with van der Waals surface area (Å²) in [5.41, 5.74) is 0.866. The van der Waals surface area contributed by atoms with Crippen LogP contribution in [0.2, 0.25) is 0 Å². The number of hydrogen-bond donors (Lipinski definition) is 0. The lowest BCUT2D eigenvalue weighted by Gasteiger charge is -2.33. The van der Waals surface area contributed by atoms with E-state index in [4.69, 9.17) is 0 Å². The number of hydrogen-bond acceptors (Lipinski definition) is 6. The van der Waals surface area contributed by atoms with E-state index in [0.29, 0.717) is 5.92 Å². The lowest BCUT2D eigenvalue weighted by Crippen LogP contribution is -2.36. The number of fused-ring (bicyclic) bond motifs is 1. The van der Waals surface area contributed by atoms with E-state index in [9.17, 15) is 0 Å². The summed E-state index contributed by atoms with van der Waals surface area (Å²) in [5.74, 6) is 2.38. The maximum Gasteiger partial charge on any atom is 0.163 e. The van der Waals surface area contributed by atoms with E-state index < -0.39 is 0 Å². The smallest absolute Gasteiger partial charge is 0.163 e. The largest absolute Gasteiger partial charge is 0.355 e. The fraction of sp³-hybridized carbons (Fsp3) is 0.500. The monoisotopic (exact) mass is 298 g/mol. The van der Waals surface area contributed by atoms with Gasteiger partial charge in [0, 0.05) is 33.1 Å². The van der Waals surface area contributed by atoms with Gasteiger partial charge in [0.05, 0.1) is 11.6 Å². The minimum atomic E-state index is 0.378. The third-order valence-electron chi connectivity index (χ3n) is 4.34. The van der Waals surface area contributed by atoms with Gasteiger partial charge in [-0.15, -0.1) is 10.2 Å². The molecule has 1 saturated heterocycles. The molecule has 1 atom stereocenters. The first kappa shape index (κ1) is 13.2. The zero-order chi connectivity index (χ0) is 15.1. The van der Waals surface area contributed by atoms with Crippen molar-refractivity contribution in [1.29, 1.82) is 0 Å². The Balaban J connectivity index is 1.68. The Morgan fingerprint density at radius 3 is 2.95 bits per heavy atom. The van der Waals surface area contributed by atoms with Crippen LogP contribution in [0.15, 0.2) is 18.9 Å². The van der Waals surface area contributed by atoms with Crippen molar-refractivity contribution in [3.8, 4) is 0 Å². The SMILES string of the molecule is Cn1cnnc1[C@@H]1CCCN(c2ncnc3c2cnn3C)C1. The molecular formula is C14H18N8. The summed E-state index contributed by atoms with van der Waals surface area (Å²) in [6.07, 6.45) is 7.47. The number of aromatic nitrogens is 7. The minimum Gasteiger partial charge on any atom is -0.355 e. The Kier molecular flexibility index (Phi) is 3.02. The van der Waals surface area contributed by atoms with E-state index >= 15 is 0 Å². The number of anilines is 1. The molecule has 3 aromatic heterocycles. The molecule has 0 N–H and O–H groups in total. The molecule has 0 radical (unpaired) electrons. The van der Waals surface area contributed by atoms with Crippen LogP contribution in [-0.2, 0) is 14.1 Å². The Morgan fingerprint density at radius 2 is 2.14 bits per heavy atom. The van der Waals surface area contributed by atoms with Gasteiger partial charge < -0.3 is 9.47 Å². The van der Waals surface area contributed by atoms with E-state index in [1.54, 1.807) is 17.3 Å². The first-order valence-corrected chi connectivity index (χ1v) is 7.45. The van der Waals surface area contributed by atoms with Gasteiger partial charge >= 0.3 is 0 Å². The van der Waals surface area contributed by atoms with E-state index in [-0.39, 0.29) is 0 Å². The third kappa shape index (κ3) is 2.02. The van der Waals surface area contributed by atoms with Crippen molar-refractivity contribution in [1.82, 2.24) is 34.5 Å². The van der Waals surface area contributed by atoms with Gasteiger partial charge in [-0.3, -0.25) is 4.68 Å². The number of piperidine rings is 1. The van der Waals surface area contributed by atoms with Gasteiger partial charge in [-0.2, -0.15) is 5.10 Å². The molecule has 0 spiro atoms. The van der Waals surface area contributed by atoms with Crippen molar-refractivity contribution in [2.75, 3.05) is 18.0 Å². The van der Waals surface area contributed by atoms with E-state index in [1.807, 2.05) is 24.9 Å². The third-order valence-corrected chi connectivity index (χ3v) is 4.34. The van der Waals surface area contributed by atoms with Gasteiger partial charge in [0.15, 0.2) is 5.65 Å². The van der Waals surface area contributed by atoms with Gasteiger partial charge in [-0.25, -0.2) is 9.97 Å². The summed E-state index contributed by atoms with van der Waals surface area (Å²) < 4.78 is 3.79. The van der Waals surface area contributed by atoms with Gasteiger partial charge in [0.1, 0.15) is 24.3 Å². The summed E-state index contributed by atoms with van der Waals surface area (Å²) in [4.78, 5) is 11.1. The number of rotatable bonds is 2. The molecule has 8 heteroatoms. The summed E-state index contributed by atoms with van der Waals surface area (Å²) >= 11 is 0. The molecule has 0 amide bonds. The number of aryl methyl sites for hydroxylation is 2. The highest BCUT2D eigenvalue weighted by atomic mass is 15.3. The molecule has 22 heavy (non-hydrogen) atoms. The van der Waals surface area contributed by atoms with Crippen LogP contribution in [0, 0.1) is 0 Å². The van der Waals surface area contributed by atoms with Gasteiger partial charge in [0.2, 0.25) is 0 Å². The maximum atomic E-state index is 4.50. The Bertz CT molecular complexity index is 804. The Hall–Kier alpha value is -2.51. The topological polar surface area (TPSA) is 77.6 Å². The summed E-state index contributed by atoms with van der Waals surface area (Å²) in [6, 6.07) is 0. The van der Waals surface area contributed by atoms with Crippen molar-refractivity contribution in [3.05, 3.63) is 24.7 Å². The summed E-state index contributed by atoms with van der Waals surface area (Å²) in [6.45, 7) is 1.89. The first-order chi connectivity index (χ1) is 10.7.